The molecule has 0 aliphatic heterocycles. The lowest BCUT2D eigenvalue weighted by molar-refractivity contribution is -0.384. The Kier molecular flexibility index (Phi) is 8.50. The molecule has 0 atom stereocenters. The van der Waals surface area contributed by atoms with Crippen LogP contribution < -0.4 is 25.6 Å². The molecule has 0 heterocycles. The van der Waals surface area contributed by atoms with E-state index in [9.17, 15) is 19.7 Å². The van der Waals surface area contributed by atoms with Gasteiger partial charge in [0, 0.05) is 16.6 Å². The minimum Gasteiger partial charge on any atom is -0.493 e. The van der Waals surface area contributed by atoms with Gasteiger partial charge in [-0.1, -0.05) is 15.9 Å². The van der Waals surface area contributed by atoms with Crippen LogP contribution in [0.25, 0.3) is 0 Å². The molecule has 0 aliphatic rings. The third-order valence-corrected chi connectivity index (χ3v) is 4.14. The number of nitro groups is 1. The van der Waals surface area contributed by atoms with E-state index < -0.39 is 16.7 Å². The van der Waals surface area contributed by atoms with Gasteiger partial charge in [-0.15, -0.1) is 0 Å². The zero-order valence-corrected chi connectivity index (χ0v) is 18.0. The molecule has 0 fully saturated rings. The Morgan fingerprint density at radius 2 is 1.83 bits per heavy atom. The number of hydrazine groups is 1. The van der Waals surface area contributed by atoms with Crippen LogP contribution >= 0.6 is 28.1 Å². The lowest BCUT2D eigenvalue weighted by atomic mass is 10.2. The number of nitro benzene ring substituents is 1. The number of ether oxygens (including phenoxy) is 2. The van der Waals surface area contributed by atoms with Crippen LogP contribution in [0.5, 0.6) is 11.5 Å². The normalized spacial score (nSPS) is 9.93. The fourth-order valence-electron chi connectivity index (χ4n) is 2.14. The molecular formula is C18H17BrN4O6S. The molecule has 158 valence electrons. The van der Waals surface area contributed by atoms with Crippen molar-refractivity contribution < 1.29 is 24.0 Å². The Balaban J connectivity index is 1.81. The molecule has 2 rings (SSSR count). The van der Waals surface area contributed by atoms with Gasteiger partial charge in [-0.25, -0.2) is 0 Å². The number of carbonyl (C=O) groups is 2. The van der Waals surface area contributed by atoms with Gasteiger partial charge in [0.2, 0.25) is 0 Å². The van der Waals surface area contributed by atoms with Crippen molar-refractivity contribution in [1.82, 2.24) is 16.2 Å². The number of carbonyl (C=O) groups excluding carboxylic acids is 2. The number of non-ortho nitro benzene ring substituents is 1. The fourth-order valence-corrected chi connectivity index (χ4v) is 2.64. The van der Waals surface area contributed by atoms with Gasteiger partial charge in [-0.2, -0.15) is 0 Å². The summed E-state index contributed by atoms with van der Waals surface area (Å²) in [5, 5.41) is 12.9. The fraction of sp³-hybridized carbons (Fsp3) is 0.167. The first-order valence-electron chi connectivity index (χ1n) is 8.50. The minimum absolute atomic E-state index is 0.0903. The summed E-state index contributed by atoms with van der Waals surface area (Å²) in [6.07, 6.45) is 0. The third-order valence-electron chi connectivity index (χ3n) is 3.45. The van der Waals surface area contributed by atoms with Crippen LogP contribution in [0.2, 0.25) is 0 Å². The summed E-state index contributed by atoms with van der Waals surface area (Å²) in [5.41, 5.74) is 4.84. The van der Waals surface area contributed by atoms with Gasteiger partial charge >= 0.3 is 0 Å². The standard InChI is InChI=1S/C18H17BrN4O6S/c1-2-28-15-8-3-11(19)9-14(15)17(25)20-18(30)22-21-16(24)10-29-13-6-4-12(5-7-13)23(26)27/h3-9H,2,10H2,1H3,(H,21,24)(H2,20,22,25,30). The highest BCUT2D eigenvalue weighted by Gasteiger charge is 2.15. The summed E-state index contributed by atoms with van der Waals surface area (Å²) in [6, 6.07) is 10.2. The molecular weight excluding hydrogens is 480 g/mol. The summed E-state index contributed by atoms with van der Waals surface area (Å²) in [5.74, 6) is -0.428. The van der Waals surface area contributed by atoms with E-state index >= 15 is 0 Å². The van der Waals surface area contributed by atoms with E-state index in [0.717, 1.165) is 0 Å². The van der Waals surface area contributed by atoms with E-state index in [1.807, 2.05) is 0 Å². The van der Waals surface area contributed by atoms with Crippen molar-refractivity contribution in [2.24, 2.45) is 0 Å². The molecule has 3 N–H and O–H groups in total. The van der Waals surface area contributed by atoms with E-state index in [1.54, 1.807) is 25.1 Å². The van der Waals surface area contributed by atoms with E-state index in [-0.39, 0.29) is 28.7 Å². The molecule has 2 amide bonds. The average molecular weight is 497 g/mol. The molecule has 10 nitrogen and oxygen atoms in total. The predicted octanol–water partition coefficient (Wildman–Crippen LogP) is 2.47. The van der Waals surface area contributed by atoms with E-state index in [4.69, 9.17) is 21.7 Å². The first-order valence-corrected chi connectivity index (χ1v) is 9.70. The van der Waals surface area contributed by atoms with E-state index in [1.165, 1.54) is 24.3 Å². The topological polar surface area (TPSA) is 132 Å². The van der Waals surface area contributed by atoms with Crippen LogP contribution in [0.3, 0.4) is 0 Å². The molecule has 12 heteroatoms. The van der Waals surface area contributed by atoms with Crippen LogP contribution in [0, 0.1) is 10.1 Å². The molecule has 0 saturated heterocycles. The van der Waals surface area contributed by atoms with Gasteiger partial charge in [-0.3, -0.25) is 35.9 Å². The number of amides is 2. The van der Waals surface area contributed by atoms with Crippen molar-refractivity contribution in [2.45, 2.75) is 6.92 Å². The van der Waals surface area contributed by atoms with Crippen molar-refractivity contribution in [3.63, 3.8) is 0 Å². The molecule has 0 saturated carbocycles. The highest BCUT2D eigenvalue weighted by molar-refractivity contribution is 9.10. The number of benzene rings is 2. The highest BCUT2D eigenvalue weighted by Crippen LogP contribution is 2.23. The van der Waals surface area contributed by atoms with Crippen molar-refractivity contribution in [1.29, 1.82) is 0 Å². The molecule has 0 aliphatic carbocycles. The van der Waals surface area contributed by atoms with Crippen molar-refractivity contribution in [2.75, 3.05) is 13.2 Å². The molecule has 2 aromatic rings. The number of rotatable bonds is 7. The van der Waals surface area contributed by atoms with Crippen molar-refractivity contribution in [3.8, 4) is 11.5 Å². The van der Waals surface area contributed by atoms with Crippen molar-refractivity contribution in [3.05, 3.63) is 62.6 Å². The molecule has 0 unspecified atom stereocenters. The Hall–Kier alpha value is -3.25. The first-order chi connectivity index (χ1) is 14.3. The summed E-state index contributed by atoms with van der Waals surface area (Å²) in [6.45, 7) is 1.81. The number of hydrogen-bond donors (Lipinski definition) is 3. The van der Waals surface area contributed by atoms with Crippen LogP contribution in [-0.4, -0.2) is 35.1 Å². The molecule has 0 bridgehead atoms. The second-order valence-corrected chi connectivity index (χ2v) is 6.89. The number of nitrogens with zero attached hydrogens (tertiary/aromatic N) is 1. The zero-order valence-electron chi connectivity index (χ0n) is 15.6. The first kappa shape index (κ1) is 23.0. The maximum Gasteiger partial charge on any atom is 0.276 e. The summed E-state index contributed by atoms with van der Waals surface area (Å²) in [4.78, 5) is 34.3. The quantitative estimate of drug-likeness (QED) is 0.302. The van der Waals surface area contributed by atoms with Gasteiger partial charge in [0.05, 0.1) is 17.1 Å². The molecule has 30 heavy (non-hydrogen) atoms. The monoisotopic (exact) mass is 496 g/mol. The molecule has 2 aromatic carbocycles. The lowest BCUT2D eigenvalue weighted by Crippen LogP contribution is -2.49. The number of hydrogen-bond acceptors (Lipinski definition) is 7. The molecule has 0 aromatic heterocycles. The van der Waals surface area contributed by atoms with Gasteiger partial charge in [-0.05, 0) is 49.5 Å². The Morgan fingerprint density at radius 3 is 2.47 bits per heavy atom. The largest absolute Gasteiger partial charge is 0.493 e. The predicted molar refractivity (Wildman–Crippen MR) is 115 cm³/mol. The summed E-state index contributed by atoms with van der Waals surface area (Å²) >= 11 is 8.28. The second kappa shape index (κ2) is 11.1. The van der Waals surface area contributed by atoms with Crippen LogP contribution in [0.1, 0.15) is 17.3 Å². The highest BCUT2D eigenvalue weighted by atomic mass is 79.9. The van der Waals surface area contributed by atoms with Gasteiger partial charge < -0.3 is 9.47 Å². The molecule has 0 radical (unpaired) electrons. The Bertz CT molecular complexity index is 954. The smallest absolute Gasteiger partial charge is 0.276 e. The van der Waals surface area contributed by atoms with Crippen molar-refractivity contribution >= 4 is 50.8 Å². The van der Waals surface area contributed by atoms with Crippen LogP contribution in [0.15, 0.2) is 46.9 Å². The maximum absolute atomic E-state index is 12.4. The second-order valence-electron chi connectivity index (χ2n) is 5.57. The average Bonchev–Trinajstić information content (AvgIpc) is 2.72. The van der Waals surface area contributed by atoms with Gasteiger partial charge in [0.15, 0.2) is 11.7 Å². The zero-order chi connectivity index (χ0) is 22.1. The Labute approximate surface area is 185 Å². The molecule has 0 spiro atoms. The minimum atomic E-state index is -0.581. The summed E-state index contributed by atoms with van der Waals surface area (Å²) in [7, 11) is 0. The van der Waals surface area contributed by atoms with E-state index in [2.05, 4.69) is 32.1 Å². The number of halogens is 1. The summed E-state index contributed by atoms with van der Waals surface area (Å²) < 4.78 is 11.3. The number of thiocarbonyl (C=S) groups is 1. The van der Waals surface area contributed by atoms with Gasteiger partial charge in [0.1, 0.15) is 11.5 Å². The third kappa shape index (κ3) is 6.97. The van der Waals surface area contributed by atoms with Crippen LogP contribution in [-0.2, 0) is 4.79 Å². The Morgan fingerprint density at radius 1 is 1.13 bits per heavy atom. The number of nitrogens with one attached hydrogen (secondary N) is 3. The van der Waals surface area contributed by atoms with E-state index in [0.29, 0.717) is 16.8 Å². The van der Waals surface area contributed by atoms with Crippen LogP contribution in [0.4, 0.5) is 5.69 Å². The SMILES string of the molecule is CCOc1ccc(Br)cc1C(=O)NC(=S)NNC(=O)COc1ccc([N+](=O)[O-])cc1. The lowest BCUT2D eigenvalue weighted by Gasteiger charge is -2.13. The van der Waals surface area contributed by atoms with Gasteiger partial charge in [0.25, 0.3) is 17.5 Å². The maximum atomic E-state index is 12.4.